The van der Waals surface area contributed by atoms with Gasteiger partial charge < -0.3 is 14.9 Å². The van der Waals surface area contributed by atoms with Gasteiger partial charge in [-0.1, -0.05) is 6.07 Å². The van der Waals surface area contributed by atoms with Crippen LogP contribution in [-0.2, 0) is 4.79 Å². The standard InChI is InChI=1S/C9H8O4/c10-7-2-1-3-8(6-7)13-5-4-9(11)12/h1-6,10H,(H,11,12)/b5-4+. The van der Waals surface area contributed by atoms with Gasteiger partial charge in [0.25, 0.3) is 0 Å². The van der Waals surface area contributed by atoms with Crippen LogP contribution in [0.25, 0.3) is 0 Å². The second kappa shape index (κ2) is 4.15. The molecule has 0 aliphatic heterocycles. The lowest BCUT2D eigenvalue weighted by Crippen LogP contribution is -1.89. The van der Waals surface area contributed by atoms with Gasteiger partial charge in [0.15, 0.2) is 0 Å². The number of ether oxygens (including phenoxy) is 1. The minimum absolute atomic E-state index is 0.0706. The zero-order valence-electron chi connectivity index (χ0n) is 6.68. The van der Waals surface area contributed by atoms with E-state index in [9.17, 15) is 4.79 Å². The Hall–Kier alpha value is -1.97. The summed E-state index contributed by atoms with van der Waals surface area (Å²) in [5.74, 6) is -0.626. The molecular weight excluding hydrogens is 172 g/mol. The highest BCUT2D eigenvalue weighted by atomic mass is 16.5. The number of carbonyl (C=O) groups is 1. The SMILES string of the molecule is O=C(O)/C=C/Oc1cccc(O)c1. The number of hydrogen-bond acceptors (Lipinski definition) is 3. The van der Waals surface area contributed by atoms with Crippen molar-refractivity contribution in [3.05, 3.63) is 36.6 Å². The number of aromatic hydroxyl groups is 1. The van der Waals surface area contributed by atoms with Gasteiger partial charge in [0, 0.05) is 6.07 Å². The van der Waals surface area contributed by atoms with Crippen LogP contribution >= 0.6 is 0 Å². The normalized spacial score (nSPS) is 10.2. The summed E-state index contributed by atoms with van der Waals surface area (Å²) in [6, 6.07) is 6.07. The largest absolute Gasteiger partial charge is 0.508 e. The van der Waals surface area contributed by atoms with Crippen LogP contribution in [0, 0.1) is 0 Å². The molecule has 0 aliphatic carbocycles. The van der Waals surface area contributed by atoms with Crippen molar-refractivity contribution in [1.29, 1.82) is 0 Å². The molecule has 0 heterocycles. The third kappa shape index (κ3) is 3.29. The lowest BCUT2D eigenvalue weighted by atomic mass is 10.3. The van der Waals surface area contributed by atoms with E-state index < -0.39 is 5.97 Å². The number of phenolic OH excluding ortho intramolecular Hbond substituents is 1. The molecule has 4 heteroatoms. The lowest BCUT2D eigenvalue weighted by molar-refractivity contribution is -0.131. The first kappa shape index (κ1) is 9.12. The minimum atomic E-state index is -1.08. The third-order valence-corrected chi connectivity index (χ3v) is 1.23. The zero-order valence-corrected chi connectivity index (χ0v) is 6.68. The smallest absolute Gasteiger partial charge is 0.331 e. The third-order valence-electron chi connectivity index (χ3n) is 1.23. The molecule has 2 N–H and O–H groups in total. The summed E-state index contributed by atoms with van der Waals surface area (Å²) in [4.78, 5) is 10.0. The average molecular weight is 180 g/mol. The van der Waals surface area contributed by atoms with Gasteiger partial charge in [0.1, 0.15) is 11.5 Å². The maximum absolute atomic E-state index is 10.0. The van der Waals surface area contributed by atoms with E-state index in [-0.39, 0.29) is 5.75 Å². The van der Waals surface area contributed by atoms with Crippen molar-refractivity contribution >= 4 is 5.97 Å². The average Bonchev–Trinajstić information content (AvgIpc) is 2.03. The lowest BCUT2D eigenvalue weighted by Gasteiger charge is -1.98. The summed E-state index contributed by atoms with van der Waals surface area (Å²) in [6.07, 6.45) is 1.90. The van der Waals surface area contributed by atoms with Crippen molar-refractivity contribution in [3.8, 4) is 11.5 Å². The zero-order chi connectivity index (χ0) is 9.68. The fraction of sp³-hybridized carbons (Fsp3) is 0. The van der Waals surface area contributed by atoms with Gasteiger partial charge in [-0.05, 0) is 12.1 Å². The molecule has 68 valence electrons. The number of phenols is 1. The molecular formula is C9H8O4. The number of aliphatic carboxylic acids is 1. The van der Waals surface area contributed by atoms with Gasteiger partial charge in [0.2, 0.25) is 0 Å². The number of rotatable bonds is 3. The van der Waals surface area contributed by atoms with E-state index in [0.29, 0.717) is 5.75 Å². The van der Waals surface area contributed by atoms with E-state index >= 15 is 0 Å². The quantitative estimate of drug-likeness (QED) is 0.544. The van der Waals surface area contributed by atoms with Crippen LogP contribution in [0.15, 0.2) is 36.6 Å². The fourth-order valence-corrected chi connectivity index (χ4v) is 0.728. The summed E-state index contributed by atoms with van der Waals surface area (Å²) >= 11 is 0. The first-order valence-corrected chi connectivity index (χ1v) is 3.53. The maximum Gasteiger partial charge on any atom is 0.331 e. The van der Waals surface area contributed by atoms with Gasteiger partial charge in [-0.2, -0.15) is 0 Å². The van der Waals surface area contributed by atoms with Gasteiger partial charge in [0.05, 0.1) is 12.3 Å². The Morgan fingerprint density at radius 1 is 1.46 bits per heavy atom. The van der Waals surface area contributed by atoms with Crippen LogP contribution in [0.3, 0.4) is 0 Å². The number of hydrogen-bond donors (Lipinski definition) is 2. The molecule has 1 aromatic carbocycles. The van der Waals surface area contributed by atoms with E-state index in [1.165, 1.54) is 12.1 Å². The van der Waals surface area contributed by atoms with Crippen LogP contribution < -0.4 is 4.74 Å². The van der Waals surface area contributed by atoms with E-state index in [1.807, 2.05) is 0 Å². The predicted molar refractivity (Wildman–Crippen MR) is 45.5 cm³/mol. The molecule has 0 spiro atoms. The van der Waals surface area contributed by atoms with Crippen LogP contribution in [0.2, 0.25) is 0 Å². The van der Waals surface area contributed by atoms with Crippen molar-refractivity contribution < 1.29 is 19.7 Å². The van der Waals surface area contributed by atoms with E-state index in [1.54, 1.807) is 12.1 Å². The summed E-state index contributed by atoms with van der Waals surface area (Å²) in [5, 5.41) is 17.2. The molecule has 1 aromatic rings. The molecule has 0 aliphatic rings. The van der Waals surface area contributed by atoms with Gasteiger partial charge in [-0.25, -0.2) is 4.79 Å². The monoisotopic (exact) mass is 180 g/mol. The van der Waals surface area contributed by atoms with Crippen LogP contribution in [0.1, 0.15) is 0 Å². The Morgan fingerprint density at radius 2 is 2.23 bits per heavy atom. The summed E-state index contributed by atoms with van der Waals surface area (Å²) in [7, 11) is 0. The maximum atomic E-state index is 10.0. The Morgan fingerprint density at radius 3 is 2.85 bits per heavy atom. The first-order valence-electron chi connectivity index (χ1n) is 3.53. The molecule has 13 heavy (non-hydrogen) atoms. The molecule has 0 fully saturated rings. The van der Waals surface area contributed by atoms with Gasteiger partial charge >= 0.3 is 5.97 Å². The summed E-state index contributed by atoms with van der Waals surface area (Å²) in [6.45, 7) is 0. The molecule has 0 bridgehead atoms. The molecule has 1 rings (SSSR count). The van der Waals surface area contributed by atoms with Crippen molar-refractivity contribution in [3.63, 3.8) is 0 Å². The highest BCUT2D eigenvalue weighted by Gasteiger charge is 1.92. The van der Waals surface area contributed by atoms with Gasteiger partial charge in [-0.15, -0.1) is 0 Å². The topological polar surface area (TPSA) is 66.8 Å². The molecule has 0 atom stereocenters. The van der Waals surface area contributed by atoms with Crippen LogP contribution in [0.4, 0.5) is 0 Å². The van der Waals surface area contributed by atoms with Crippen molar-refractivity contribution in [2.24, 2.45) is 0 Å². The highest BCUT2D eigenvalue weighted by Crippen LogP contribution is 2.17. The molecule has 0 aromatic heterocycles. The van der Waals surface area contributed by atoms with Crippen molar-refractivity contribution in [2.75, 3.05) is 0 Å². The second-order valence-corrected chi connectivity index (χ2v) is 2.26. The Kier molecular flexibility index (Phi) is 2.92. The molecule has 0 amide bonds. The van der Waals surface area contributed by atoms with Crippen LogP contribution in [-0.4, -0.2) is 16.2 Å². The number of carboxylic acids is 1. The molecule has 0 saturated heterocycles. The molecule has 0 saturated carbocycles. The van der Waals surface area contributed by atoms with Crippen molar-refractivity contribution in [1.82, 2.24) is 0 Å². The van der Waals surface area contributed by atoms with E-state index in [2.05, 4.69) is 0 Å². The molecule has 0 radical (unpaired) electrons. The predicted octanol–water partition coefficient (Wildman–Crippen LogP) is 1.37. The Labute approximate surface area is 74.7 Å². The Bertz CT molecular complexity index is 330. The highest BCUT2D eigenvalue weighted by molar-refractivity contribution is 5.79. The number of benzene rings is 1. The second-order valence-electron chi connectivity index (χ2n) is 2.26. The number of carboxylic acid groups (broad SMARTS) is 1. The molecule has 4 nitrogen and oxygen atoms in total. The first-order chi connectivity index (χ1) is 6.18. The van der Waals surface area contributed by atoms with Crippen LogP contribution in [0.5, 0.6) is 11.5 Å². The van der Waals surface area contributed by atoms with Crippen molar-refractivity contribution in [2.45, 2.75) is 0 Å². The Balaban J connectivity index is 2.59. The summed E-state index contributed by atoms with van der Waals surface area (Å²) < 4.78 is 4.88. The van der Waals surface area contributed by atoms with E-state index in [4.69, 9.17) is 14.9 Å². The minimum Gasteiger partial charge on any atom is -0.508 e. The summed E-state index contributed by atoms with van der Waals surface area (Å²) in [5.41, 5.74) is 0. The molecule has 0 unspecified atom stereocenters. The van der Waals surface area contributed by atoms with E-state index in [0.717, 1.165) is 12.3 Å². The van der Waals surface area contributed by atoms with Gasteiger partial charge in [-0.3, -0.25) is 0 Å². The fourth-order valence-electron chi connectivity index (χ4n) is 0.728.